The average Bonchev–Trinajstić information content (AvgIpc) is 3.07. The van der Waals surface area contributed by atoms with E-state index in [0.29, 0.717) is 23.9 Å². The predicted molar refractivity (Wildman–Crippen MR) is 115 cm³/mol. The Morgan fingerprint density at radius 2 is 2.03 bits per heavy atom. The van der Waals surface area contributed by atoms with E-state index in [1.807, 2.05) is 30.3 Å². The molecule has 0 radical (unpaired) electrons. The molecule has 1 aromatic carbocycles. The second-order valence-electron chi connectivity index (χ2n) is 7.66. The van der Waals surface area contributed by atoms with E-state index in [9.17, 15) is 8.78 Å². The van der Waals surface area contributed by atoms with Crippen LogP contribution < -0.4 is 4.72 Å². The molecule has 0 amide bonds. The number of nitrogens with one attached hydrogen (secondary N) is 1. The Hall–Kier alpha value is -2.23. The summed E-state index contributed by atoms with van der Waals surface area (Å²) in [5.41, 5.74) is 3.35. The lowest BCUT2D eigenvalue weighted by molar-refractivity contribution is -0.0882. The predicted octanol–water partition coefficient (Wildman–Crippen LogP) is 5.94. The Kier molecular flexibility index (Phi) is 6.71. The van der Waals surface area contributed by atoms with Crippen molar-refractivity contribution in [2.45, 2.75) is 43.9 Å². The Balaban J connectivity index is 0.000000169. The van der Waals surface area contributed by atoms with Crippen molar-refractivity contribution >= 4 is 18.0 Å². The van der Waals surface area contributed by atoms with E-state index in [4.69, 9.17) is 5.26 Å². The first-order valence-corrected chi connectivity index (χ1v) is 10.6. The molecule has 2 heterocycles. The summed E-state index contributed by atoms with van der Waals surface area (Å²) < 4.78 is 29.8. The summed E-state index contributed by atoms with van der Waals surface area (Å²) in [6.07, 6.45) is 4.17. The molecular weight excluding hydrogens is 388 g/mol. The summed E-state index contributed by atoms with van der Waals surface area (Å²) >= 11 is 1.51. The molecule has 6 heteroatoms. The number of hydrogen-bond acceptors (Lipinski definition) is 4. The number of rotatable bonds is 2. The monoisotopic (exact) mass is 413 g/mol. The fourth-order valence-electron chi connectivity index (χ4n) is 3.81. The lowest BCUT2D eigenvalue weighted by atomic mass is 9.76. The summed E-state index contributed by atoms with van der Waals surface area (Å²) in [5.74, 6) is -2.45. The van der Waals surface area contributed by atoms with Gasteiger partial charge < -0.3 is 0 Å². The van der Waals surface area contributed by atoms with Crippen molar-refractivity contribution in [1.82, 2.24) is 9.71 Å². The number of pyridine rings is 1. The van der Waals surface area contributed by atoms with Crippen molar-refractivity contribution in [1.29, 1.82) is 5.26 Å². The molecule has 2 aromatic rings. The summed E-state index contributed by atoms with van der Waals surface area (Å²) in [7, 11) is 0. The maximum atomic E-state index is 13.3. The van der Waals surface area contributed by atoms with Crippen LogP contribution in [-0.2, 0) is 0 Å². The quantitative estimate of drug-likeness (QED) is 0.619. The van der Waals surface area contributed by atoms with Gasteiger partial charge in [-0.25, -0.2) is 8.78 Å². The Morgan fingerprint density at radius 1 is 1.28 bits per heavy atom. The van der Waals surface area contributed by atoms with Gasteiger partial charge in [0.1, 0.15) is 0 Å². The van der Waals surface area contributed by atoms with Gasteiger partial charge in [0, 0.05) is 41.0 Å². The van der Waals surface area contributed by atoms with Gasteiger partial charge in [-0.2, -0.15) is 5.26 Å². The summed E-state index contributed by atoms with van der Waals surface area (Å²) in [6, 6.07) is 13.9. The molecule has 1 saturated carbocycles. The molecular formula is C23H25F2N3S. The first-order valence-electron chi connectivity index (χ1n) is 9.72. The van der Waals surface area contributed by atoms with Gasteiger partial charge >= 0.3 is 0 Å². The third kappa shape index (κ3) is 4.85. The number of nitrogens with zero attached hydrogens (tertiary/aromatic N) is 2. The highest BCUT2D eigenvalue weighted by Crippen LogP contribution is 2.48. The largest absolute Gasteiger partial charge is 0.261 e. The van der Waals surface area contributed by atoms with Gasteiger partial charge in [0.15, 0.2) is 0 Å². The van der Waals surface area contributed by atoms with Crippen LogP contribution in [0.4, 0.5) is 8.78 Å². The highest BCUT2D eigenvalue weighted by Gasteiger charge is 2.50. The Bertz CT molecular complexity index is 892. The molecule has 4 rings (SSSR count). The van der Waals surface area contributed by atoms with E-state index in [2.05, 4.69) is 29.3 Å². The standard InChI is InChI=1S/C14H10N2.C9H15F2NS/c1-2-13-8-7-12(10-16-13)14-6-4-3-5-11(14)9-15;1-5-3-7-6(2)12-13-8(7)4-9(5,10)11/h2-8,10H,1H2;5-8,12H,3-4H2,1-2H3. The van der Waals surface area contributed by atoms with Gasteiger partial charge in [0.05, 0.1) is 17.3 Å². The molecule has 4 unspecified atom stereocenters. The Labute approximate surface area is 175 Å². The number of nitriles is 1. The van der Waals surface area contributed by atoms with Crippen molar-refractivity contribution in [3.05, 3.63) is 60.4 Å². The van der Waals surface area contributed by atoms with Crippen LogP contribution >= 0.6 is 11.9 Å². The lowest BCUT2D eigenvalue weighted by Gasteiger charge is -2.36. The molecule has 4 atom stereocenters. The van der Waals surface area contributed by atoms with Crippen molar-refractivity contribution in [2.75, 3.05) is 0 Å². The molecule has 1 saturated heterocycles. The molecule has 0 spiro atoms. The van der Waals surface area contributed by atoms with Gasteiger partial charge in [-0.3, -0.25) is 9.71 Å². The highest BCUT2D eigenvalue weighted by atomic mass is 32.2. The molecule has 29 heavy (non-hydrogen) atoms. The molecule has 152 valence electrons. The average molecular weight is 414 g/mol. The van der Waals surface area contributed by atoms with E-state index in [1.165, 1.54) is 11.9 Å². The molecule has 0 bridgehead atoms. The van der Waals surface area contributed by atoms with Crippen LogP contribution in [0.15, 0.2) is 49.2 Å². The second-order valence-corrected chi connectivity index (χ2v) is 8.74. The fraction of sp³-hybridized carbons (Fsp3) is 0.391. The van der Waals surface area contributed by atoms with Crippen LogP contribution in [0.2, 0.25) is 0 Å². The lowest BCUT2D eigenvalue weighted by Crippen LogP contribution is -2.41. The Morgan fingerprint density at radius 3 is 2.69 bits per heavy atom. The minimum Gasteiger partial charge on any atom is -0.261 e. The fourth-order valence-corrected chi connectivity index (χ4v) is 5.20. The number of benzene rings is 1. The van der Waals surface area contributed by atoms with Gasteiger partial charge in [0.25, 0.3) is 5.92 Å². The third-order valence-corrected chi connectivity index (χ3v) is 7.03. The van der Waals surface area contributed by atoms with Gasteiger partial charge in [-0.1, -0.05) is 49.7 Å². The summed E-state index contributed by atoms with van der Waals surface area (Å²) in [6.45, 7) is 7.42. The van der Waals surface area contributed by atoms with Crippen molar-refractivity contribution in [3.63, 3.8) is 0 Å². The van der Waals surface area contributed by atoms with Gasteiger partial charge in [0.2, 0.25) is 0 Å². The molecule has 2 aliphatic rings. The molecule has 2 fully saturated rings. The minimum absolute atomic E-state index is 0.0564. The highest BCUT2D eigenvalue weighted by molar-refractivity contribution is 7.98. The molecule has 1 aliphatic heterocycles. The summed E-state index contributed by atoms with van der Waals surface area (Å²) in [4.78, 5) is 4.22. The number of halogens is 2. The zero-order chi connectivity index (χ0) is 21.0. The molecule has 1 aromatic heterocycles. The van der Waals surface area contributed by atoms with Crippen LogP contribution in [0.5, 0.6) is 0 Å². The zero-order valence-electron chi connectivity index (χ0n) is 16.6. The van der Waals surface area contributed by atoms with Crippen molar-refractivity contribution < 1.29 is 8.78 Å². The third-order valence-electron chi connectivity index (χ3n) is 5.70. The number of aromatic nitrogens is 1. The van der Waals surface area contributed by atoms with E-state index in [-0.39, 0.29) is 11.7 Å². The zero-order valence-corrected chi connectivity index (χ0v) is 17.4. The van der Waals surface area contributed by atoms with Crippen LogP contribution in [0.3, 0.4) is 0 Å². The van der Waals surface area contributed by atoms with Gasteiger partial charge in [-0.15, -0.1) is 0 Å². The summed E-state index contributed by atoms with van der Waals surface area (Å²) in [5, 5.41) is 9.12. The maximum absolute atomic E-state index is 13.3. The SMILES string of the molecule is C=Cc1ccc(-c2ccccc2C#N)cn1.CC1NSC2CC(F)(F)C(C)CC12. The number of hydrogen-bond donors (Lipinski definition) is 1. The van der Waals surface area contributed by atoms with Crippen LogP contribution in [0.1, 0.15) is 37.9 Å². The van der Waals surface area contributed by atoms with Crippen LogP contribution in [-0.4, -0.2) is 22.2 Å². The molecule has 1 aliphatic carbocycles. The van der Waals surface area contributed by atoms with Gasteiger partial charge in [-0.05, 0) is 37.5 Å². The van der Waals surface area contributed by atoms with Crippen LogP contribution in [0, 0.1) is 23.2 Å². The molecule has 1 N–H and O–H groups in total. The van der Waals surface area contributed by atoms with Crippen LogP contribution in [0.25, 0.3) is 17.2 Å². The first kappa shape index (κ1) is 21.5. The maximum Gasteiger partial charge on any atom is 0.251 e. The van der Waals surface area contributed by atoms with E-state index in [0.717, 1.165) is 16.8 Å². The van der Waals surface area contributed by atoms with Crippen molar-refractivity contribution in [3.8, 4) is 17.2 Å². The van der Waals surface area contributed by atoms with Crippen molar-refractivity contribution in [2.24, 2.45) is 11.8 Å². The first-order chi connectivity index (χ1) is 13.9. The second kappa shape index (κ2) is 9.06. The smallest absolute Gasteiger partial charge is 0.251 e. The minimum atomic E-state index is -2.44. The van der Waals surface area contributed by atoms with E-state index in [1.54, 1.807) is 25.3 Å². The normalized spacial score (nSPS) is 27.1. The number of fused-ring (bicyclic) bond motifs is 1. The van der Waals surface area contributed by atoms with E-state index >= 15 is 0 Å². The van der Waals surface area contributed by atoms with E-state index < -0.39 is 11.8 Å². The molecule has 3 nitrogen and oxygen atoms in total. The number of alkyl halides is 2. The topological polar surface area (TPSA) is 48.7 Å².